The zero-order valence-electron chi connectivity index (χ0n) is 14.4. The van der Waals surface area contributed by atoms with Crippen LogP contribution in [0.2, 0.25) is 10.0 Å². The first-order chi connectivity index (χ1) is 12.5. The van der Waals surface area contributed by atoms with E-state index in [1.54, 1.807) is 6.07 Å². The van der Waals surface area contributed by atoms with E-state index in [0.29, 0.717) is 32.4 Å². The van der Waals surface area contributed by atoms with Crippen molar-refractivity contribution in [2.24, 2.45) is 0 Å². The summed E-state index contributed by atoms with van der Waals surface area (Å²) in [6.07, 6.45) is 1.08. The third-order valence-corrected chi connectivity index (χ3v) is 5.86. The number of nitrogens with zero attached hydrogens (tertiary/aromatic N) is 1. The van der Waals surface area contributed by atoms with E-state index in [2.05, 4.69) is 24.1 Å². The summed E-state index contributed by atoms with van der Waals surface area (Å²) in [5, 5.41) is 4.02. The summed E-state index contributed by atoms with van der Waals surface area (Å²) in [7, 11) is 0. The Morgan fingerprint density at radius 3 is 2.65 bits per heavy atom. The topological polar surface area (TPSA) is 51.2 Å². The number of fused-ring (bicyclic) bond motifs is 1. The number of carbonyl (C=O) groups excluding carboxylic acids is 1. The molecule has 2 aromatic carbocycles. The minimum Gasteiger partial charge on any atom is -0.484 e. The number of halogens is 2. The first kappa shape index (κ1) is 19.0. The Morgan fingerprint density at radius 2 is 1.96 bits per heavy atom. The molecule has 1 N–H and O–H groups in total. The van der Waals surface area contributed by atoms with Gasteiger partial charge in [0, 0.05) is 0 Å². The van der Waals surface area contributed by atoms with E-state index in [-0.39, 0.29) is 12.5 Å². The molecule has 1 heterocycles. The molecule has 0 aliphatic carbocycles. The highest BCUT2D eigenvalue weighted by atomic mass is 35.5. The van der Waals surface area contributed by atoms with Crippen molar-refractivity contribution in [3.05, 3.63) is 52.0 Å². The second-order valence-electron chi connectivity index (χ2n) is 5.94. The summed E-state index contributed by atoms with van der Waals surface area (Å²) in [5.74, 6) is 0.885. The van der Waals surface area contributed by atoms with Gasteiger partial charge in [0.2, 0.25) is 0 Å². The van der Waals surface area contributed by atoms with Crippen molar-refractivity contribution >= 4 is 55.8 Å². The lowest BCUT2D eigenvalue weighted by atomic mass is 9.99. The Kier molecular flexibility index (Phi) is 6.01. The van der Waals surface area contributed by atoms with Gasteiger partial charge in [-0.25, -0.2) is 4.98 Å². The van der Waals surface area contributed by atoms with Gasteiger partial charge in [-0.2, -0.15) is 0 Å². The third kappa shape index (κ3) is 4.29. The fourth-order valence-electron chi connectivity index (χ4n) is 2.42. The summed E-state index contributed by atoms with van der Waals surface area (Å²) < 4.78 is 6.40. The molecule has 3 rings (SSSR count). The summed E-state index contributed by atoms with van der Waals surface area (Å²) in [6, 6.07) is 11.4. The van der Waals surface area contributed by atoms with Gasteiger partial charge in [0.05, 0.1) is 14.7 Å². The predicted molar refractivity (Wildman–Crippen MR) is 109 cm³/mol. The predicted octanol–water partition coefficient (Wildman–Crippen LogP) is 6.13. The van der Waals surface area contributed by atoms with Crippen LogP contribution in [0.3, 0.4) is 0 Å². The van der Waals surface area contributed by atoms with E-state index in [1.165, 1.54) is 16.9 Å². The molecule has 1 aromatic heterocycles. The highest BCUT2D eigenvalue weighted by Crippen LogP contribution is 2.35. The molecular formula is C19H18Cl2N2O2S. The number of hydrogen-bond acceptors (Lipinski definition) is 4. The molecule has 0 saturated heterocycles. The number of aromatic nitrogens is 1. The molecule has 3 aromatic rings. The van der Waals surface area contributed by atoms with Crippen molar-refractivity contribution in [3.63, 3.8) is 0 Å². The number of rotatable bonds is 6. The van der Waals surface area contributed by atoms with Gasteiger partial charge in [0.1, 0.15) is 11.3 Å². The number of hydrogen-bond donors (Lipinski definition) is 1. The quantitative estimate of drug-likeness (QED) is 0.533. The molecule has 7 heteroatoms. The van der Waals surface area contributed by atoms with Crippen LogP contribution in [-0.2, 0) is 4.79 Å². The van der Waals surface area contributed by atoms with Crippen molar-refractivity contribution in [2.75, 3.05) is 11.9 Å². The standard InChI is InChI=1S/C19H18Cl2N2O2S/c1-3-11(2)12-4-6-13(7-5-12)25-10-16(24)22-19-23-18-15(26-19)9-8-14(20)17(18)21/h4-9,11H,3,10H2,1-2H3,(H,22,23,24). The average molecular weight is 409 g/mol. The fourth-order valence-corrected chi connectivity index (χ4v) is 3.73. The second kappa shape index (κ2) is 8.25. The Bertz CT molecular complexity index is 925. The maximum absolute atomic E-state index is 12.1. The van der Waals surface area contributed by atoms with Crippen LogP contribution in [0, 0.1) is 0 Å². The van der Waals surface area contributed by atoms with Crippen LogP contribution >= 0.6 is 34.5 Å². The summed E-state index contributed by atoms with van der Waals surface area (Å²) in [4.78, 5) is 16.4. The number of ether oxygens (including phenoxy) is 1. The lowest BCUT2D eigenvalue weighted by Gasteiger charge is -2.10. The Hall–Kier alpha value is -1.82. The van der Waals surface area contributed by atoms with E-state index < -0.39 is 0 Å². The monoisotopic (exact) mass is 408 g/mol. The third-order valence-electron chi connectivity index (χ3n) is 4.13. The number of nitrogens with one attached hydrogen (secondary N) is 1. The summed E-state index contributed by atoms with van der Waals surface area (Å²) in [6.45, 7) is 4.25. The molecule has 0 radical (unpaired) electrons. The number of amides is 1. The molecule has 1 unspecified atom stereocenters. The van der Waals surface area contributed by atoms with Gasteiger partial charge in [-0.15, -0.1) is 0 Å². The highest BCUT2D eigenvalue weighted by Gasteiger charge is 2.12. The minimum absolute atomic E-state index is 0.0902. The van der Waals surface area contributed by atoms with Crippen LogP contribution in [0.1, 0.15) is 31.7 Å². The molecule has 136 valence electrons. The van der Waals surface area contributed by atoms with Crippen molar-refractivity contribution in [2.45, 2.75) is 26.2 Å². The lowest BCUT2D eigenvalue weighted by molar-refractivity contribution is -0.118. The molecule has 0 aliphatic heterocycles. The van der Waals surface area contributed by atoms with Gasteiger partial charge < -0.3 is 4.74 Å². The summed E-state index contributed by atoms with van der Waals surface area (Å²) in [5.41, 5.74) is 1.84. The van der Waals surface area contributed by atoms with Gasteiger partial charge in [-0.1, -0.05) is 60.5 Å². The van der Waals surface area contributed by atoms with Gasteiger partial charge in [0.25, 0.3) is 5.91 Å². The molecule has 4 nitrogen and oxygen atoms in total. The average Bonchev–Trinajstić information content (AvgIpc) is 3.06. The number of anilines is 1. The van der Waals surface area contributed by atoms with Gasteiger partial charge in [-0.3, -0.25) is 10.1 Å². The molecule has 1 amide bonds. The van der Waals surface area contributed by atoms with Crippen molar-refractivity contribution < 1.29 is 9.53 Å². The Balaban J connectivity index is 1.60. The van der Waals surface area contributed by atoms with Crippen molar-refractivity contribution in [1.82, 2.24) is 4.98 Å². The Morgan fingerprint density at radius 1 is 1.23 bits per heavy atom. The van der Waals surface area contributed by atoms with Gasteiger partial charge in [0.15, 0.2) is 11.7 Å². The first-order valence-corrected chi connectivity index (χ1v) is 9.82. The number of benzene rings is 2. The molecule has 0 saturated carbocycles. The molecule has 0 aliphatic rings. The van der Waals surface area contributed by atoms with Crippen LogP contribution in [0.5, 0.6) is 5.75 Å². The number of thiazole rings is 1. The smallest absolute Gasteiger partial charge is 0.264 e. The van der Waals surface area contributed by atoms with E-state index in [1.807, 2.05) is 30.3 Å². The molecule has 1 atom stereocenters. The van der Waals surface area contributed by atoms with Crippen LogP contribution < -0.4 is 10.1 Å². The lowest BCUT2D eigenvalue weighted by Crippen LogP contribution is -2.20. The van der Waals surface area contributed by atoms with Crippen molar-refractivity contribution in [1.29, 1.82) is 0 Å². The van der Waals surface area contributed by atoms with Crippen LogP contribution in [0.15, 0.2) is 36.4 Å². The molecular weight excluding hydrogens is 391 g/mol. The summed E-state index contributed by atoms with van der Waals surface area (Å²) >= 11 is 13.5. The van der Waals surface area contributed by atoms with E-state index in [0.717, 1.165) is 11.1 Å². The fraction of sp³-hybridized carbons (Fsp3) is 0.263. The molecule has 0 bridgehead atoms. The van der Waals surface area contributed by atoms with Gasteiger partial charge in [-0.05, 0) is 42.2 Å². The highest BCUT2D eigenvalue weighted by molar-refractivity contribution is 7.22. The van der Waals surface area contributed by atoms with E-state index in [4.69, 9.17) is 27.9 Å². The van der Waals surface area contributed by atoms with Crippen molar-refractivity contribution in [3.8, 4) is 5.75 Å². The minimum atomic E-state index is -0.280. The Labute approximate surface area is 166 Å². The molecule has 0 spiro atoms. The van der Waals surface area contributed by atoms with E-state index >= 15 is 0 Å². The zero-order valence-corrected chi connectivity index (χ0v) is 16.7. The van der Waals surface area contributed by atoms with E-state index in [9.17, 15) is 4.79 Å². The van der Waals surface area contributed by atoms with Gasteiger partial charge >= 0.3 is 0 Å². The van der Waals surface area contributed by atoms with Crippen LogP contribution in [0.25, 0.3) is 10.2 Å². The normalized spacial score (nSPS) is 12.2. The second-order valence-corrected chi connectivity index (χ2v) is 7.76. The first-order valence-electron chi connectivity index (χ1n) is 8.25. The van der Waals surface area contributed by atoms with Crippen LogP contribution in [0.4, 0.5) is 5.13 Å². The SMILES string of the molecule is CCC(C)c1ccc(OCC(=O)Nc2nc3c(Cl)c(Cl)ccc3s2)cc1. The maximum atomic E-state index is 12.1. The largest absolute Gasteiger partial charge is 0.484 e. The molecule has 0 fully saturated rings. The molecule has 26 heavy (non-hydrogen) atoms. The van der Waals surface area contributed by atoms with Crippen LogP contribution in [-0.4, -0.2) is 17.5 Å². The maximum Gasteiger partial charge on any atom is 0.264 e. The zero-order chi connectivity index (χ0) is 18.7. The number of carbonyl (C=O) groups is 1.